The summed E-state index contributed by atoms with van der Waals surface area (Å²) < 4.78 is 5.02. The van der Waals surface area contributed by atoms with Crippen molar-refractivity contribution in [2.45, 2.75) is 39.2 Å². The molecule has 0 spiro atoms. The highest BCUT2D eigenvalue weighted by Crippen LogP contribution is 2.26. The van der Waals surface area contributed by atoms with Crippen molar-refractivity contribution < 1.29 is 19.4 Å². The minimum Gasteiger partial charge on any atom is -0.481 e. The van der Waals surface area contributed by atoms with E-state index in [9.17, 15) is 9.59 Å². The Bertz CT molecular complexity index is 333. The molecule has 1 rings (SSSR count). The van der Waals surface area contributed by atoms with Crippen LogP contribution < -0.4 is 5.32 Å². The molecule has 2 unspecified atom stereocenters. The number of carbonyl (C=O) groups is 2. The van der Waals surface area contributed by atoms with E-state index < -0.39 is 11.9 Å². The molecule has 0 aromatic heterocycles. The SMILES string of the molecule is COCCN(CC(C)C)C(=O)NC1CCCC1C(=O)O. The van der Waals surface area contributed by atoms with E-state index in [1.54, 1.807) is 12.0 Å². The molecule has 0 radical (unpaired) electrons. The molecule has 20 heavy (non-hydrogen) atoms. The minimum atomic E-state index is -0.819. The molecule has 1 aliphatic carbocycles. The summed E-state index contributed by atoms with van der Waals surface area (Å²) in [7, 11) is 1.60. The van der Waals surface area contributed by atoms with Gasteiger partial charge in [0.15, 0.2) is 0 Å². The summed E-state index contributed by atoms with van der Waals surface area (Å²) in [5.74, 6) is -0.918. The van der Waals surface area contributed by atoms with Gasteiger partial charge < -0.3 is 20.1 Å². The fraction of sp³-hybridized carbons (Fsp3) is 0.857. The summed E-state index contributed by atoms with van der Waals surface area (Å²) in [6.45, 7) is 5.73. The molecule has 1 saturated carbocycles. The number of nitrogens with one attached hydrogen (secondary N) is 1. The van der Waals surface area contributed by atoms with Crippen molar-refractivity contribution in [1.29, 1.82) is 0 Å². The molecule has 116 valence electrons. The molecule has 0 aromatic rings. The average Bonchev–Trinajstić information content (AvgIpc) is 2.82. The van der Waals surface area contributed by atoms with Crippen LogP contribution in [0.5, 0.6) is 0 Å². The molecule has 0 aliphatic heterocycles. The van der Waals surface area contributed by atoms with Gasteiger partial charge in [0.25, 0.3) is 0 Å². The van der Waals surface area contributed by atoms with Gasteiger partial charge in [-0.1, -0.05) is 20.3 Å². The van der Waals surface area contributed by atoms with Crippen molar-refractivity contribution >= 4 is 12.0 Å². The first-order valence-corrected chi connectivity index (χ1v) is 7.22. The van der Waals surface area contributed by atoms with E-state index in [1.165, 1.54) is 0 Å². The van der Waals surface area contributed by atoms with E-state index in [0.717, 1.165) is 12.8 Å². The fourth-order valence-electron chi connectivity index (χ4n) is 2.60. The zero-order valence-electron chi connectivity index (χ0n) is 12.6. The quantitative estimate of drug-likeness (QED) is 0.744. The first-order chi connectivity index (χ1) is 9.45. The lowest BCUT2D eigenvalue weighted by Crippen LogP contribution is -2.49. The van der Waals surface area contributed by atoms with Crippen LogP contribution in [-0.4, -0.2) is 54.9 Å². The van der Waals surface area contributed by atoms with E-state index in [0.29, 0.717) is 32.0 Å². The number of ether oxygens (including phenoxy) is 1. The molecule has 2 N–H and O–H groups in total. The minimum absolute atomic E-state index is 0.186. The Balaban J connectivity index is 2.57. The van der Waals surface area contributed by atoms with Crippen LogP contribution >= 0.6 is 0 Å². The number of methoxy groups -OCH3 is 1. The number of nitrogens with zero attached hydrogens (tertiary/aromatic N) is 1. The summed E-state index contributed by atoms with van der Waals surface area (Å²) in [6.07, 6.45) is 2.23. The maximum atomic E-state index is 12.3. The lowest BCUT2D eigenvalue weighted by molar-refractivity contribution is -0.142. The first-order valence-electron chi connectivity index (χ1n) is 7.22. The van der Waals surface area contributed by atoms with Crippen LogP contribution in [0.25, 0.3) is 0 Å². The van der Waals surface area contributed by atoms with Gasteiger partial charge in [-0.2, -0.15) is 0 Å². The Morgan fingerprint density at radius 3 is 2.65 bits per heavy atom. The maximum absolute atomic E-state index is 12.3. The monoisotopic (exact) mass is 286 g/mol. The smallest absolute Gasteiger partial charge is 0.317 e. The molecule has 0 bridgehead atoms. The number of hydrogen-bond donors (Lipinski definition) is 2. The predicted octanol–water partition coefficient (Wildman–Crippen LogP) is 1.55. The second-order valence-corrected chi connectivity index (χ2v) is 5.76. The van der Waals surface area contributed by atoms with Crippen LogP contribution in [0.4, 0.5) is 4.79 Å². The fourth-order valence-corrected chi connectivity index (χ4v) is 2.60. The average molecular weight is 286 g/mol. The molecule has 6 nitrogen and oxygen atoms in total. The van der Waals surface area contributed by atoms with Crippen LogP contribution in [0, 0.1) is 11.8 Å². The van der Waals surface area contributed by atoms with Gasteiger partial charge in [-0.05, 0) is 18.8 Å². The molecular weight excluding hydrogens is 260 g/mol. The number of urea groups is 1. The largest absolute Gasteiger partial charge is 0.481 e. The van der Waals surface area contributed by atoms with E-state index >= 15 is 0 Å². The summed E-state index contributed by atoms with van der Waals surface area (Å²) in [5, 5.41) is 12.0. The highest BCUT2D eigenvalue weighted by atomic mass is 16.5. The van der Waals surface area contributed by atoms with E-state index in [-0.39, 0.29) is 12.1 Å². The van der Waals surface area contributed by atoms with Crippen molar-refractivity contribution in [1.82, 2.24) is 10.2 Å². The van der Waals surface area contributed by atoms with Crippen LogP contribution in [0.2, 0.25) is 0 Å². The van der Waals surface area contributed by atoms with Gasteiger partial charge in [0.1, 0.15) is 0 Å². The van der Waals surface area contributed by atoms with Crippen molar-refractivity contribution in [3.05, 3.63) is 0 Å². The number of carbonyl (C=O) groups excluding carboxylic acids is 1. The zero-order valence-corrected chi connectivity index (χ0v) is 12.6. The number of hydrogen-bond acceptors (Lipinski definition) is 3. The molecule has 1 fully saturated rings. The summed E-state index contributed by atoms with van der Waals surface area (Å²) in [4.78, 5) is 25.1. The Labute approximate surface area is 120 Å². The van der Waals surface area contributed by atoms with Crippen molar-refractivity contribution in [3.8, 4) is 0 Å². The van der Waals surface area contributed by atoms with E-state index in [2.05, 4.69) is 5.32 Å². The Hall–Kier alpha value is -1.30. The Morgan fingerprint density at radius 1 is 1.40 bits per heavy atom. The van der Waals surface area contributed by atoms with Crippen LogP contribution in [0.15, 0.2) is 0 Å². The van der Waals surface area contributed by atoms with Gasteiger partial charge >= 0.3 is 12.0 Å². The second kappa shape index (κ2) is 8.09. The van der Waals surface area contributed by atoms with E-state index in [1.807, 2.05) is 13.8 Å². The Kier molecular flexibility index (Phi) is 6.78. The lowest BCUT2D eigenvalue weighted by Gasteiger charge is -2.27. The molecular formula is C14H26N2O4. The highest BCUT2D eigenvalue weighted by molar-refractivity contribution is 5.77. The highest BCUT2D eigenvalue weighted by Gasteiger charge is 2.34. The predicted molar refractivity (Wildman–Crippen MR) is 75.6 cm³/mol. The number of aliphatic carboxylic acids is 1. The van der Waals surface area contributed by atoms with Crippen LogP contribution in [-0.2, 0) is 9.53 Å². The van der Waals surface area contributed by atoms with Crippen LogP contribution in [0.3, 0.4) is 0 Å². The van der Waals surface area contributed by atoms with E-state index in [4.69, 9.17) is 9.84 Å². The second-order valence-electron chi connectivity index (χ2n) is 5.76. The molecule has 2 amide bonds. The van der Waals surface area contributed by atoms with Gasteiger partial charge in [0.05, 0.1) is 12.5 Å². The van der Waals surface area contributed by atoms with Gasteiger partial charge in [0.2, 0.25) is 0 Å². The van der Waals surface area contributed by atoms with Gasteiger partial charge in [-0.15, -0.1) is 0 Å². The summed E-state index contributed by atoms with van der Waals surface area (Å²) in [5.41, 5.74) is 0. The molecule has 6 heteroatoms. The first kappa shape index (κ1) is 16.8. The molecule has 0 heterocycles. The van der Waals surface area contributed by atoms with Crippen molar-refractivity contribution in [3.63, 3.8) is 0 Å². The summed E-state index contributed by atoms with van der Waals surface area (Å²) >= 11 is 0. The Morgan fingerprint density at radius 2 is 2.10 bits per heavy atom. The lowest BCUT2D eigenvalue weighted by atomic mass is 10.0. The van der Waals surface area contributed by atoms with Gasteiger partial charge in [0, 0.05) is 26.2 Å². The zero-order chi connectivity index (χ0) is 15.1. The van der Waals surface area contributed by atoms with Gasteiger partial charge in [-0.3, -0.25) is 4.79 Å². The molecule has 0 aromatic carbocycles. The number of carboxylic acid groups (broad SMARTS) is 1. The third kappa shape index (κ3) is 5.00. The normalized spacial score (nSPS) is 22.0. The standard InChI is InChI=1S/C14H26N2O4/c1-10(2)9-16(7-8-20-3)14(19)15-12-6-4-5-11(12)13(17)18/h10-12H,4-9H2,1-3H3,(H,15,19)(H,17,18). The van der Waals surface area contributed by atoms with Crippen molar-refractivity contribution in [2.75, 3.05) is 26.8 Å². The third-order valence-electron chi connectivity index (χ3n) is 3.58. The van der Waals surface area contributed by atoms with Gasteiger partial charge in [-0.25, -0.2) is 4.79 Å². The maximum Gasteiger partial charge on any atom is 0.317 e. The van der Waals surface area contributed by atoms with Crippen LogP contribution in [0.1, 0.15) is 33.1 Å². The topological polar surface area (TPSA) is 78.9 Å². The molecule has 1 aliphatic rings. The number of carboxylic acids is 1. The number of amides is 2. The summed E-state index contributed by atoms with van der Waals surface area (Å²) in [6, 6.07) is -0.439. The molecule has 0 saturated heterocycles. The van der Waals surface area contributed by atoms with Crippen molar-refractivity contribution in [2.24, 2.45) is 11.8 Å². The third-order valence-corrected chi connectivity index (χ3v) is 3.58. The number of rotatable bonds is 7. The molecule has 2 atom stereocenters.